The van der Waals surface area contributed by atoms with Crippen LogP contribution in [0.4, 0.5) is 0 Å². The third-order valence-corrected chi connectivity index (χ3v) is 0.0373. The molecule has 0 aromatic heterocycles. The summed E-state index contributed by atoms with van der Waals surface area (Å²) in [5.74, 6) is 0. The minimum Gasteiger partial charge on any atom is -0.509 e. The van der Waals surface area contributed by atoms with Crippen LogP contribution in [0.1, 0.15) is 0 Å². The summed E-state index contributed by atoms with van der Waals surface area (Å²) in [6, 6.07) is 0. The molecular formula is C2H4MgO3. The Balaban J connectivity index is -0.0000000450. The van der Waals surface area contributed by atoms with Gasteiger partial charge in [-0.25, -0.2) is 5.26 Å². The van der Waals surface area contributed by atoms with E-state index in [1.165, 1.54) is 0 Å². The second-order valence-corrected chi connectivity index (χ2v) is 0.175. The first-order valence-electron chi connectivity index (χ1n) is 0.591. The molecule has 0 aliphatic rings. The number of carbonyl (C=O) groups excluding carboxylic acids is 1. The maximum absolute atomic E-state index is 8.58. The van der Waals surface area contributed by atoms with Crippen LogP contribution in [0.3, 0.4) is 0 Å². The Morgan fingerprint density at radius 1 is 1.67 bits per heavy atom. The van der Waals surface area contributed by atoms with Crippen molar-refractivity contribution in [1.82, 2.24) is 0 Å². The normalized spacial score (nSPS) is 3.50. The van der Waals surface area contributed by atoms with Crippen LogP contribution in [-0.4, -0.2) is 34.8 Å². The van der Waals surface area contributed by atoms with Crippen LogP contribution in [-0.2, 0) is 9.68 Å². The van der Waals surface area contributed by atoms with Gasteiger partial charge in [-0.3, -0.25) is 0 Å². The van der Waals surface area contributed by atoms with Crippen LogP contribution < -0.4 is 0 Å². The van der Waals surface area contributed by atoms with E-state index in [9.17, 15) is 0 Å². The summed E-state index contributed by atoms with van der Waals surface area (Å²) in [4.78, 5) is 11.3. The fraction of sp³-hybridized carbons (Fsp3) is 0. The fourth-order valence-electron chi connectivity index (χ4n) is 0. The Hall–Kier alpha value is 0.196. The molecule has 3 nitrogen and oxygen atoms in total. The van der Waals surface area contributed by atoms with E-state index in [1.807, 2.05) is 0 Å². The number of hydrogen-bond donors (Lipinski definition) is 1. The van der Waals surface area contributed by atoms with Gasteiger partial charge < -0.3 is 17.1 Å². The van der Waals surface area contributed by atoms with E-state index in [-0.39, 0.29) is 30.5 Å². The van der Waals surface area contributed by atoms with Crippen LogP contribution in [0.25, 0.3) is 0 Å². The van der Waals surface area contributed by atoms with E-state index in [2.05, 4.69) is 4.89 Å². The van der Waals surface area contributed by atoms with Crippen molar-refractivity contribution in [2.45, 2.75) is 0 Å². The zero-order valence-corrected chi connectivity index (χ0v) is 4.89. The van der Waals surface area contributed by atoms with E-state index in [4.69, 9.17) is 10.1 Å². The molecule has 6 heavy (non-hydrogen) atoms. The molecule has 0 unspecified atom stereocenters. The molecule has 0 aliphatic heterocycles. The van der Waals surface area contributed by atoms with Gasteiger partial charge in [0.1, 0.15) is 0 Å². The summed E-state index contributed by atoms with van der Waals surface area (Å²) in [6.07, 6.45) is 0. The predicted octanol–water partition coefficient (Wildman–Crippen LogP) is -0.387. The maximum Gasteiger partial charge on any atom is 2.00 e. The molecule has 0 aromatic rings. The molecule has 0 aromatic carbocycles. The first kappa shape index (κ1) is 16.4. The average molecular weight is 100 g/mol. The molecule has 32 valence electrons. The summed E-state index contributed by atoms with van der Waals surface area (Å²) in [7, 11) is 0. The second kappa shape index (κ2) is 19.0. The minimum atomic E-state index is 0. The molecule has 0 rings (SSSR count). The van der Waals surface area contributed by atoms with E-state index in [0.29, 0.717) is 0 Å². The van der Waals surface area contributed by atoms with Gasteiger partial charge in [0.2, 0.25) is 0 Å². The monoisotopic (exact) mass is 100 g/mol. The van der Waals surface area contributed by atoms with Gasteiger partial charge in [0.25, 0.3) is 0 Å². The standard InChI is InChI=1S/CHO3.CH3.Mg/c2-1-4-3;;/h3H;1H3;/q2*-1;+2. The van der Waals surface area contributed by atoms with Gasteiger partial charge in [-0.2, -0.15) is 0 Å². The van der Waals surface area contributed by atoms with Gasteiger partial charge in [0.15, 0.2) is 0 Å². The van der Waals surface area contributed by atoms with E-state index in [1.54, 1.807) is 0 Å². The summed E-state index contributed by atoms with van der Waals surface area (Å²) < 4.78 is 0. The molecule has 0 fully saturated rings. The molecule has 0 atom stereocenters. The number of rotatable bonds is 1. The van der Waals surface area contributed by atoms with Gasteiger partial charge in [-0.05, 0) is 6.47 Å². The molecule has 4 heteroatoms. The van der Waals surface area contributed by atoms with Crippen LogP contribution in [0.2, 0.25) is 0 Å². The smallest absolute Gasteiger partial charge is 0.509 e. The van der Waals surface area contributed by atoms with Crippen molar-refractivity contribution in [2.75, 3.05) is 0 Å². The first-order valence-corrected chi connectivity index (χ1v) is 0.591. The van der Waals surface area contributed by atoms with Crippen LogP contribution in [0.15, 0.2) is 0 Å². The summed E-state index contributed by atoms with van der Waals surface area (Å²) in [6.45, 7) is 0.736. The van der Waals surface area contributed by atoms with Crippen molar-refractivity contribution in [1.29, 1.82) is 0 Å². The maximum atomic E-state index is 8.58. The van der Waals surface area contributed by atoms with E-state index < -0.39 is 0 Å². The predicted molar refractivity (Wildman–Crippen MR) is 21.6 cm³/mol. The summed E-state index contributed by atoms with van der Waals surface area (Å²) in [5, 5.41) is 6.95. The molecule has 0 amide bonds. The SMILES string of the molecule is O=[C-]OO.[CH3-].[Mg+2]. The van der Waals surface area contributed by atoms with Gasteiger partial charge in [-0.15, -0.1) is 0 Å². The van der Waals surface area contributed by atoms with Crippen LogP contribution in [0.5, 0.6) is 0 Å². The second-order valence-electron chi connectivity index (χ2n) is 0.175. The third-order valence-electron chi connectivity index (χ3n) is 0.0373. The third kappa shape index (κ3) is 30.0. The quantitative estimate of drug-likeness (QED) is 0.211. The van der Waals surface area contributed by atoms with Crippen molar-refractivity contribution >= 4 is 29.5 Å². The van der Waals surface area contributed by atoms with E-state index >= 15 is 0 Å². The molecule has 0 bridgehead atoms. The first-order chi connectivity index (χ1) is 1.91. The Kier molecular flexibility index (Phi) is 51.8. The Labute approximate surface area is 52.4 Å². The van der Waals surface area contributed by atoms with Crippen LogP contribution in [0, 0.1) is 7.43 Å². The van der Waals surface area contributed by atoms with Crippen molar-refractivity contribution in [3.05, 3.63) is 7.43 Å². The van der Waals surface area contributed by atoms with E-state index in [0.717, 1.165) is 6.47 Å². The Morgan fingerprint density at radius 2 is 1.83 bits per heavy atom. The molecule has 0 aliphatic carbocycles. The molecular weight excluding hydrogens is 96.3 g/mol. The summed E-state index contributed by atoms with van der Waals surface area (Å²) in [5.41, 5.74) is 0. The summed E-state index contributed by atoms with van der Waals surface area (Å²) >= 11 is 0. The van der Waals surface area contributed by atoms with Crippen molar-refractivity contribution < 1.29 is 14.9 Å². The number of hydrogen-bond acceptors (Lipinski definition) is 3. The molecule has 1 N–H and O–H groups in total. The van der Waals surface area contributed by atoms with Crippen molar-refractivity contribution in [3.63, 3.8) is 0 Å². The average Bonchev–Trinajstić information content (AvgIpc) is 1.37. The van der Waals surface area contributed by atoms with Gasteiger partial charge in [0, 0.05) is 0 Å². The topological polar surface area (TPSA) is 46.5 Å². The van der Waals surface area contributed by atoms with Crippen LogP contribution >= 0.6 is 0 Å². The molecule has 0 saturated heterocycles. The molecule has 0 saturated carbocycles. The Morgan fingerprint density at radius 3 is 1.83 bits per heavy atom. The molecule has 0 spiro atoms. The molecule has 0 radical (unpaired) electrons. The van der Waals surface area contributed by atoms with Crippen molar-refractivity contribution in [2.24, 2.45) is 0 Å². The zero-order valence-electron chi connectivity index (χ0n) is 3.47. The minimum absolute atomic E-state index is 0. The largest absolute Gasteiger partial charge is 2.00 e. The Bertz CT molecular complexity index is 22.8. The fourth-order valence-corrected chi connectivity index (χ4v) is 0. The van der Waals surface area contributed by atoms with Gasteiger partial charge >= 0.3 is 23.1 Å². The van der Waals surface area contributed by atoms with Gasteiger partial charge in [0.05, 0.1) is 0 Å². The zero-order chi connectivity index (χ0) is 3.41. The molecule has 0 heterocycles. The van der Waals surface area contributed by atoms with Crippen molar-refractivity contribution in [3.8, 4) is 0 Å². The van der Waals surface area contributed by atoms with Gasteiger partial charge in [-0.1, -0.05) is 0 Å².